The predicted octanol–water partition coefficient (Wildman–Crippen LogP) is 1.78. The maximum atomic E-state index is 12.7. The average molecular weight is 453 g/mol. The van der Waals surface area contributed by atoms with Gasteiger partial charge in [0.15, 0.2) is 0 Å². The Kier molecular flexibility index (Phi) is 9.75. The van der Waals surface area contributed by atoms with Crippen molar-refractivity contribution < 1.29 is 19.2 Å². The molecule has 0 heterocycles. The van der Waals surface area contributed by atoms with Gasteiger partial charge >= 0.3 is 0 Å². The second-order valence-electron chi connectivity index (χ2n) is 8.35. The third kappa shape index (κ3) is 8.50. The smallest absolute Gasteiger partial charge is 0.248 e. The first-order valence-corrected chi connectivity index (χ1v) is 11.0. The van der Waals surface area contributed by atoms with Crippen LogP contribution in [0.2, 0.25) is 0 Å². The lowest BCUT2D eigenvalue weighted by Crippen LogP contribution is -2.53. The molecule has 2 aromatic carbocycles. The Hall–Kier alpha value is -3.52. The van der Waals surface area contributed by atoms with Crippen molar-refractivity contribution in [1.82, 2.24) is 10.6 Å². The van der Waals surface area contributed by atoms with Crippen LogP contribution in [-0.4, -0.2) is 42.3 Å². The van der Waals surface area contributed by atoms with Gasteiger partial charge in [-0.2, -0.15) is 0 Å². The summed E-state index contributed by atoms with van der Waals surface area (Å²) in [4.78, 5) is 51.4. The van der Waals surface area contributed by atoms with Crippen LogP contribution < -0.4 is 21.3 Å². The minimum absolute atomic E-state index is 0.127. The minimum atomic E-state index is -0.983. The second-order valence-corrected chi connectivity index (χ2v) is 8.35. The third-order valence-electron chi connectivity index (χ3n) is 4.91. The molecule has 33 heavy (non-hydrogen) atoms. The molecular formula is C25H32N4O4. The molecule has 0 aliphatic carbocycles. The van der Waals surface area contributed by atoms with Gasteiger partial charge in [-0.1, -0.05) is 62.4 Å². The Balaban J connectivity index is 1.93. The summed E-state index contributed by atoms with van der Waals surface area (Å²) in [6.07, 6.45) is 0.566. The molecule has 0 aliphatic rings. The molecule has 2 aromatic rings. The molecule has 0 radical (unpaired) electrons. The number of para-hydroxylation sites is 1. The van der Waals surface area contributed by atoms with Gasteiger partial charge in [0.05, 0.1) is 6.04 Å². The van der Waals surface area contributed by atoms with Crippen LogP contribution in [0.25, 0.3) is 0 Å². The van der Waals surface area contributed by atoms with Gasteiger partial charge in [0.2, 0.25) is 23.6 Å². The van der Waals surface area contributed by atoms with Crippen molar-refractivity contribution in [3.8, 4) is 0 Å². The summed E-state index contributed by atoms with van der Waals surface area (Å²) in [6, 6.07) is 16.2. The largest absolute Gasteiger partial charge is 0.343 e. The summed E-state index contributed by atoms with van der Waals surface area (Å²) in [6.45, 7) is 5.07. The van der Waals surface area contributed by atoms with Crippen molar-refractivity contribution in [1.29, 1.82) is 0 Å². The summed E-state index contributed by atoms with van der Waals surface area (Å²) in [5.41, 5.74) is 7.38. The summed E-state index contributed by atoms with van der Waals surface area (Å²) < 4.78 is 0. The Morgan fingerprint density at radius 3 is 2.03 bits per heavy atom. The molecule has 0 unspecified atom stereocenters. The van der Waals surface area contributed by atoms with Crippen LogP contribution in [0.1, 0.15) is 32.8 Å². The molecule has 0 fully saturated rings. The maximum absolute atomic E-state index is 12.7. The van der Waals surface area contributed by atoms with Crippen LogP contribution >= 0.6 is 0 Å². The molecule has 8 heteroatoms. The molecule has 8 nitrogen and oxygen atoms in total. The molecule has 2 atom stereocenters. The Labute approximate surface area is 194 Å². The van der Waals surface area contributed by atoms with Gasteiger partial charge in [0.1, 0.15) is 12.6 Å². The van der Waals surface area contributed by atoms with E-state index in [9.17, 15) is 19.2 Å². The topological polar surface area (TPSA) is 122 Å². The number of nitrogens with two attached hydrogens (primary N) is 1. The van der Waals surface area contributed by atoms with Crippen molar-refractivity contribution in [2.75, 3.05) is 11.4 Å². The minimum Gasteiger partial charge on any atom is -0.343 e. The predicted molar refractivity (Wildman–Crippen MR) is 127 cm³/mol. The molecule has 2 rings (SSSR count). The number of amides is 4. The average Bonchev–Trinajstić information content (AvgIpc) is 2.78. The monoisotopic (exact) mass is 452 g/mol. The molecule has 0 aromatic heterocycles. The highest BCUT2D eigenvalue weighted by Gasteiger charge is 2.24. The first-order valence-electron chi connectivity index (χ1n) is 11.0. The van der Waals surface area contributed by atoms with Gasteiger partial charge in [0, 0.05) is 12.1 Å². The van der Waals surface area contributed by atoms with E-state index in [1.807, 2.05) is 50.2 Å². The van der Waals surface area contributed by atoms with E-state index in [1.54, 1.807) is 24.3 Å². The number of nitrogens with one attached hydrogen (secondary N) is 2. The van der Waals surface area contributed by atoms with Crippen molar-refractivity contribution in [2.45, 2.75) is 45.7 Å². The number of imide groups is 1. The number of carbonyl (C=O) groups excluding carboxylic acids is 4. The van der Waals surface area contributed by atoms with Gasteiger partial charge < -0.3 is 16.0 Å². The van der Waals surface area contributed by atoms with E-state index in [-0.39, 0.29) is 31.2 Å². The molecule has 0 spiro atoms. The number of nitrogens with zero attached hydrogens (tertiary/aromatic N) is 1. The summed E-state index contributed by atoms with van der Waals surface area (Å²) in [5.74, 6) is -1.87. The molecule has 0 saturated carbocycles. The number of hydrogen-bond donors (Lipinski definition) is 3. The summed E-state index contributed by atoms with van der Waals surface area (Å²) in [5, 5.41) is 4.78. The van der Waals surface area contributed by atoms with Crippen LogP contribution in [0.15, 0.2) is 60.7 Å². The SMILES string of the molecule is CC(C)CC(=O)N(CC(=O)N[C@@H](C)C(=O)NC(=O)[C@@H](N)Cc1ccccc1)c1ccccc1. The Morgan fingerprint density at radius 2 is 1.45 bits per heavy atom. The van der Waals surface area contributed by atoms with Crippen LogP contribution in [0, 0.1) is 5.92 Å². The van der Waals surface area contributed by atoms with Gasteiger partial charge in [-0.15, -0.1) is 0 Å². The summed E-state index contributed by atoms with van der Waals surface area (Å²) in [7, 11) is 0. The molecule has 4 amide bonds. The highest BCUT2D eigenvalue weighted by molar-refractivity contribution is 6.02. The fourth-order valence-corrected chi connectivity index (χ4v) is 3.17. The molecular weight excluding hydrogens is 420 g/mol. The first-order chi connectivity index (χ1) is 15.7. The molecule has 4 N–H and O–H groups in total. The maximum Gasteiger partial charge on any atom is 0.248 e. The first kappa shape index (κ1) is 25.7. The van der Waals surface area contributed by atoms with E-state index in [4.69, 9.17) is 5.73 Å². The van der Waals surface area contributed by atoms with E-state index in [0.29, 0.717) is 5.69 Å². The Bertz CT molecular complexity index is 947. The number of benzene rings is 2. The van der Waals surface area contributed by atoms with Crippen molar-refractivity contribution in [2.24, 2.45) is 11.7 Å². The molecule has 0 saturated heterocycles. The number of hydrogen-bond acceptors (Lipinski definition) is 5. The molecule has 0 aliphatic heterocycles. The van der Waals surface area contributed by atoms with Gasteiger partial charge in [-0.05, 0) is 37.0 Å². The van der Waals surface area contributed by atoms with E-state index >= 15 is 0 Å². The van der Waals surface area contributed by atoms with Crippen LogP contribution in [0.3, 0.4) is 0 Å². The fraction of sp³-hybridized carbons (Fsp3) is 0.360. The zero-order valence-electron chi connectivity index (χ0n) is 19.3. The van der Waals surface area contributed by atoms with E-state index in [0.717, 1.165) is 5.56 Å². The standard InChI is InChI=1S/C25H32N4O4/c1-17(2)14-23(31)29(20-12-8-5-9-13-20)16-22(30)27-18(3)24(32)28-25(33)21(26)15-19-10-6-4-7-11-19/h4-13,17-18,21H,14-16,26H2,1-3H3,(H,27,30)(H,28,32,33)/t18-,21-/m0/s1. The van der Waals surface area contributed by atoms with Crippen LogP contribution in [0.5, 0.6) is 0 Å². The third-order valence-corrected chi connectivity index (χ3v) is 4.91. The second kappa shape index (κ2) is 12.5. The van der Waals surface area contributed by atoms with Gasteiger partial charge in [0.25, 0.3) is 0 Å². The lowest BCUT2D eigenvalue weighted by molar-refractivity contribution is -0.134. The normalized spacial score (nSPS) is 12.5. The number of rotatable bonds is 10. The van der Waals surface area contributed by atoms with Gasteiger partial charge in [-0.3, -0.25) is 24.5 Å². The lowest BCUT2D eigenvalue weighted by atomic mass is 10.1. The van der Waals surface area contributed by atoms with Crippen molar-refractivity contribution in [3.63, 3.8) is 0 Å². The van der Waals surface area contributed by atoms with Crippen LogP contribution in [0.4, 0.5) is 5.69 Å². The van der Waals surface area contributed by atoms with Crippen molar-refractivity contribution in [3.05, 3.63) is 66.2 Å². The van der Waals surface area contributed by atoms with Crippen molar-refractivity contribution >= 4 is 29.3 Å². The summed E-state index contributed by atoms with van der Waals surface area (Å²) >= 11 is 0. The van der Waals surface area contributed by atoms with E-state index in [1.165, 1.54) is 11.8 Å². The number of anilines is 1. The van der Waals surface area contributed by atoms with E-state index < -0.39 is 29.8 Å². The quantitative estimate of drug-likeness (QED) is 0.507. The molecule has 176 valence electrons. The number of carbonyl (C=O) groups is 4. The molecule has 0 bridgehead atoms. The van der Waals surface area contributed by atoms with Gasteiger partial charge in [-0.25, -0.2) is 0 Å². The fourth-order valence-electron chi connectivity index (χ4n) is 3.17. The van der Waals surface area contributed by atoms with Crippen LogP contribution in [-0.2, 0) is 25.6 Å². The highest BCUT2D eigenvalue weighted by Crippen LogP contribution is 2.16. The Morgan fingerprint density at radius 1 is 0.879 bits per heavy atom. The zero-order valence-corrected chi connectivity index (χ0v) is 19.3. The highest BCUT2D eigenvalue weighted by atomic mass is 16.2. The lowest BCUT2D eigenvalue weighted by Gasteiger charge is -2.24. The zero-order chi connectivity index (χ0) is 24.4. The van der Waals surface area contributed by atoms with E-state index in [2.05, 4.69) is 10.6 Å².